The lowest BCUT2D eigenvalue weighted by Crippen LogP contribution is -2.44. The zero-order chi connectivity index (χ0) is 22.1. The third kappa shape index (κ3) is 4.17. The first-order chi connectivity index (χ1) is 14.1. The average molecular weight is 433 g/mol. The van der Waals surface area contributed by atoms with Crippen molar-refractivity contribution in [3.05, 3.63) is 47.7 Å². The fourth-order valence-corrected chi connectivity index (χ4v) is 7.39. The molecule has 2 aliphatic rings. The Bertz CT molecular complexity index is 936. The van der Waals surface area contributed by atoms with Gasteiger partial charge in [-0.3, -0.25) is 0 Å². The number of anilines is 1. The number of benzene rings is 1. The van der Waals surface area contributed by atoms with Crippen LogP contribution in [0.3, 0.4) is 0 Å². The molecular weight excluding hydrogens is 396 g/mol. The molecule has 3 N–H and O–H groups in total. The van der Waals surface area contributed by atoms with Crippen LogP contribution in [0, 0.1) is 11.3 Å². The highest BCUT2D eigenvalue weighted by molar-refractivity contribution is 7.91. The fraction of sp³-hybridized carbons (Fsp3) is 0.583. The molecule has 5 nitrogen and oxygen atoms in total. The van der Waals surface area contributed by atoms with Crippen molar-refractivity contribution in [1.29, 1.82) is 0 Å². The van der Waals surface area contributed by atoms with E-state index in [1.807, 2.05) is 50.2 Å². The number of allylic oxidation sites excluding steroid dienone is 4. The van der Waals surface area contributed by atoms with Crippen LogP contribution in [0.2, 0.25) is 0 Å². The van der Waals surface area contributed by atoms with Gasteiger partial charge in [0.1, 0.15) is 0 Å². The highest BCUT2D eigenvalue weighted by atomic mass is 32.2. The summed E-state index contributed by atoms with van der Waals surface area (Å²) < 4.78 is 27.1. The molecule has 1 aromatic carbocycles. The predicted molar refractivity (Wildman–Crippen MR) is 123 cm³/mol. The Morgan fingerprint density at radius 3 is 2.60 bits per heavy atom. The number of rotatable bonds is 6. The van der Waals surface area contributed by atoms with Crippen LogP contribution in [0.5, 0.6) is 0 Å². The Hall–Kier alpha value is -1.79. The molecule has 0 radical (unpaired) electrons. The van der Waals surface area contributed by atoms with E-state index in [0.29, 0.717) is 24.2 Å². The van der Waals surface area contributed by atoms with E-state index < -0.39 is 21.4 Å². The first-order valence-corrected chi connectivity index (χ1v) is 12.7. The molecule has 6 heteroatoms. The average Bonchev–Trinajstić information content (AvgIpc) is 2.77. The van der Waals surface area contributed by atoms with Gasteiger partial charge in [0.15, 0.2) is 9.84 Å². The number of nitrogens with zero attached hydrogens (tertiary/aromatic N) is 1. The van der Waals surface area contributed by atoms with E-state index in [0.717, 1.165) is 29.8 Å². The summed E-state index contributed by atoms with van der Waals surface area (Å²) in [6.07, 6.45) is 8.95. The molecule has 0 bridgehead atoms. The van der Waals surface area contributed by atoms with Crippen molar-refractivity contribution in [2.75, 3.05) is 24.7 Å². The van der Waals surface area contributed by atoms with Gasteiger partial charge >= 0.3 is 0 Å². The van der Waals surface area contributed by atoms with Crippen molar-refractivity contribution in [3.8, 4) is 0 Å². The van der Waals surface area contributed by atoms with Crippen molar-refractivity contribution < 1.29 is 13.5 Å². The number of hydrogen-bond acceptors (Lipinski definition) is 5. The number of hydrogen-bond donors (Lipinski definition) is 2. The number of sulfone groups is 1. The van der Waals surface area contributed by atoms with Crippen LogP contribution < -0.4 is 10.6 Å². The molecule has 0 fully saturated rings. The van der Waals surface area contributed by atoms with E-state index in [-0.39, 0.29) is 17.6 Å². The molecule has 1 aliphatic carbocycles. The minimum atomic E-state index is -3.54. The minimum Gasteiger partial charge on any atom is -0.402 e. The van der Waals surface area contributed by atoms with Crippen LogP contribution in [0.15, 0.2) is 47.0 Å². The van der Waals surface area contributed by atoms with Crippen LogP contribution in [0.1, 0.15) is 57.4 Å². The molecule has 1 aliphatic heterocycles. The number of fused-ring (bicyclic) bond motifs is 1. The van der Waals surface area contributed by atoms with Gasteiger partial charge < -0.3 is 15.7 Å². The Balaban J connectivity index is 2.24. The molecule has 4 atom stereocenters. The van der Waals surface area contributed by atoms with Gasteiger partial charge in [-0.1, -0.05) is 38.8 Å². The second kappa shape index (κ2) is 8.75. The molecule has 1 unspecified atom stereocenters. The van der Waals surface area contributed by atoms with Crippen molar-refractivity contribution in [3.63, 3.8) is 0 Å². The molecule has 0 amide bonds. The Morgan fingerprint density at radius 2 is 2.00 bits per heavy atom. The second-order valence-electron chi connectivity index (χ2n) is 9.16. The zero-order valence-corrected chi connectivity index (χ0v) is 19.5. The molecule has 0 saturated carbocycles. The van der Waals surface area contributed by atoms with E-state index in [9.17, 15) is 13.5 Å². The first-order valence-electron chi connectivity index (χ1n) is 11.0. The van der Waals surface area contributed by atoms with Crippen molar-refractivity contribution in [2.45, 2.75) is 62.9 Å². The summed E-state index contributed by atoms with van der Waals surface area (Å²) in [5.41, 5.74) is 7.91. The molecular formula is C24H36N2O3S. The number of unbranched alkanes of at least 4 members (excludes halogenated alkanes) is 1. The van der Waals surface area contributed by atoms with Gasteiger partial charge in [-0.15, -0.1) is 0 Å². The minimum absolute atomic E-state index is 0.00969. The summed E-state index contributed by atoms with van der Waals surface area (Å²) in [6, 6.07) is 5.54. The Labute approximate surface area is 181 Å². The third-order valence-corrected chi connectivity index (χ3v) is 8.98. The smallest absolute Gasteiger partial charge is 0.179 e. The van der Waals surface area contributed by atoms with Crippen molar-refractivity contribution >= 4 is 15.5 Å². The van der Waals surface area contributed by atoms with E-state index in [4.69, 9.17) is 5.73 Å². The topological polar surface area (TPSA) is 83.6 Å². The number of nitrogens with two attached hydrogens (primary N) is 1. The lowest BCUT2D eigenvalue weighted by Gasteiger charge is -2.42. The summed E-state index contributed by atoms with van der Waals surface area (Å²) in [5, 5.41) is 11.9. The second-order valence-corrected chi connectivity index (χ2v) is 11.1. The summed E-state index contributed by atoms with van der Waals surface area (Å²) >= 11 is 0. The van der Waals surface area contributed by atoms with Crippen LogP contribution in [-0.4, -0.2) is 39.5 Å². The highest BCUT2D eigenvalue weighted by Crippen LogP contribution is 2.50. The maximum atomic E-state index is 13.6. The van der Waals surface area contributed by atoms with Gasteiger partial charge in [0, 0.05) is 36.8 Å². The summed E-state index contributed by atoms with van der Waals surface area (Å²) in [5.74, 6) is -0.371. The summed E-state index contributed by atoms with van der Waals surface area (Å²) in [6.45, 7) is 4.11. The van der Waals surface area contributed by atoms with E-state index >= 15 is 0 Å². The quantitative estimate of drug-likeness (QED) is 0.710. The van der Waals surface area contributed by atoms with Gasteiger partial charge in [-0.25, -0.2) is 8.42 Å². The Kier molecular flexibility index (Phi) is 6.68. The maximum Gasteiger partial charge on any atom is 0.179 e. The number of aliphatic hydroxyl groups excluding tert-OH is 1. The van der Waals surface area contributed by atoms with E-state index in [2.05, 4.69) is 13.0 Å². The Morgan fingerprint density at radius 1 is 1.27 bits per heavy atom. The van der Waals surface area contributed by atoms with E-state index in [1.165, 1.54) is 0 Å². The summed E-state index contributed by atoms with van der Waals surface area (Å²) in [4.78, 5) is 2.33. The van der Waals surface area contributed by atoms with Gasteiger partial charge in [-0.2, -0.15) is 0 Å². The molecule has 3 rings (SSSR count). The first kappa shape index (κ1) is 22.9. The number of aliphatic hydroxyl groups is 1. The lowest BCUT2D eigenvalue weighted by atomic mass is 9.66. The van der Waals surface area contributed by atoms with Crippen molar-refractivity contribution in [2.24, 2.45) is 17.1 Å². The molecule has 0 saturated heterocycles. The monoisotopic (exact) mass is 432 g/mol. The van der Waals surface area contributed by atoms with Crippen LogP contribution in [0.25, 0.3) is 0 Å². The molecule has 1 heterocycles. The zero-order valence-electron chi connectivity index (χ0n) is 18.6. The van der Waals surface area contributed by atoms with Gasteiger partial charge in [0.05, 0.1) is 16.8 Å². The summed E-state index contributed by atoms with van der Waals surface area (Å²) in [7, 11) is 0.346. The van der Waals surface area contributed by atoms with Crippen molar-refractivity contribution in [1.82, 2.24) is 0 Å². The predicted octanol–water partition coefficient (Wildman–Crippen LogP) is 3.99. The maximum absolute atomic E-state index is 13.6. The SMILES string of the molecule is CCCC[C@@]1(CC)CS(=O)(=O)c2ccc(N(C)C)cc2[C@@H](C2C=CC=C(N)C2)[C@H]1O. The fourth-order valence-electron chi connectivity index (χ4n) is 5.13. The standard InChI is InChI=1S/C24H36N2O3S/c1-5-7-13-24(6-2)16-30(28,29)21-12-11-19(26(3)4)15-20(21)22(23(24)27)17-9-8-10-18(25)14-17/h8-12,15,17,22-23,27H,5-7,13-14,16,25H2,1-4H3/t17?,22-,23-,24+/m1/s1. The molecule has 166 valence electrons. The normalized spacial score (nSPS) is 30.3. The third-order valence-electron chi connectivity index (χ3n) is 6.98. The molecule has 0 spiro atoms. The lowest BCUT2D eigenvalue weighted by molar-refractivity contribution is -0.00191. The molecule has 0 aromatic heterocycles. The molecule has 1 aromatic rings. The van der Waals surface area contributed by atoms with Gasteiger partial charge in [-0.05, 0) is 55.0 Å². The van der Waals surface area contributed by atoms with Crippen LogP contribution >= 0.6 is 0 Å². The molecule has 30 heavy (non-hydrogen) atoms. The van der Waals surface area contributed by atoms with Gasteiger partial charge in [0.25, 0.3) is 0 Å². The van der Waals surface area contributed by atoms with Crippen LogP contribution in [0.4, 0.5) is 5.69 Å². The van der Waals surface area contributed by atoms with E-state index in [1.54, 1.807) is 6.07 Å². The van der Waals surface area contributed by atoms with Crippen LogP contribution in [-0.2, 0) is 9.84 Å². The van der Waals surface area contributed by atoms with Gasteiger partial charge in [0.2, 0.25) is 0 Å². The highest BCUT2D eigenvalue weighted by Gasteiger charge is 2.50. The largest absolute Gasteiger partial charge is 0.402 e.